The molecule has 4 aliphatic heterocycles. The van der Waals surface area contributed by atoms with Crippen LogP contribution in [0.3, 0.4) is 0 Å². The number of nitro groups is 1. The number of nitrogens with zero attached hydrogens (tertiary/aromatic N) is 6. The number of sulfone groups is 1. The second-order valence-corrected chi connectivity index (χ2v) is 27.0. The molecule has 3 saturated heterocycles. The fraction of sp³-hybridized carbons (Fsp3) is 0.455. The number of rotatable bonds is 29. The van der Waals surface area contributed by atoms with Crippen molar-refractivity contribution in [2.75, 3.05) is 121 Å². The number of hydrogen-bond acceptors (Lipinski definition) is 19. The van der Waals surface area contributed by atoms with Gasteiger partial charge < -0.3 is 44.4 Å². The number of piperidine rings is 2. The van der Waals surface area contributed by atoms with E-state index in [1.165, 1.54) is 42.0 Å². The molecule has 6 heterocycles. The van der Waals surface area contributed by atoms with E-state index in [0.29, 0.717) is 70.6 Å². The summed E-state index contributed by atoms with van der Waals surface area (Å²) in [6.45, 7) is 19.3. The standard InChI is InChI=1S/C66H79ClN10O13S/c1-43-61(65(82)76(64(43)81)56-13-14-60(79)72-63(56)80)44(2)68-21-29-87-31-33-89-34-32-88-30-28-73-22-17-45(18-23-73)39-70-55-12-10-52(37-57(55)77(83)84)91(85,86)42-58(78)53-11-9-50(36-59(53)90-51-35-47-16-20-69-62(47)71-40-51)75-26-24-74(25-27-75)41-48-15-19-66(3,4)38-54(48)46-5-7-49(67)8-6-46/h5-12,16,20,35-37,40,45,56,68,70H,2,13-15,17-19,21-34,38-39,41-42H2,1,3-4H3,(H,69,71)(H,72,79,80). The minimum Gasteiger partial charge on any atom is -0.455 e. The lowest BCUT2D eigenvalue weighted by molar-refractivity contribution is -0.384. The first-order chi connectivity index (χ1) is 43.7. The van der Waals surface area contributed by atoms with Gasteiger partial charge in [-0.15, -0.1) is 0 Å². The molecule has 1 unspecified atom stereocenters. The zero-order chi connectivity index (χ0) is 64.4. The van der Waals surface area contributed by atoms with E-state index in [-0.39, 0.29) is 69.5 Å². The van der Waals surface area contributed by atoms with Gasteiger partial charge in [-0.3, -0.25) is 49.2 Å². The number of hydrogen-bond donors (Lipinski definition) is 4. The van der Waals surface area contributed by atoms with Crippen molar-refractivity contribution in [1.29, 1.82) is 0 Å². The smallest absolute Gasteiger partial charge is 0.293 e. The molecule has 0 spiro atoms. The van der Waals surface area contributed by atoms with Crippen LogP contribution in [0.1, 0.15) is 81.6 Å². The molecule has 23 nitrogen and oxygen atoms in total. The lowest BCUT2D eigenvalue weighted by atomic mass is 9.72. The first kappa shape index (κ1) is 66.1. The number of nitrogens with one attached hydrogen (secondary N) is 4. The molecule has 25 heteroatoms. The first-order valence-corrected chi connectivity index (χ1v) is 33.0. The summed E-state index contributed by atoms with van der Waals surface area (Å²) in [6.07, 6.45) is 8.23. The summed E-state index contributed by atoms with van der Waals surface area (Å²) in [6, 6.07) is 19.6. The quantitative estimate of drug-likeness (QED) is 0.0116. The Kier molecular flexibility index (Phi) is 21.5. The predicted molar refractivity (Wildman–Crippen MR) is 345 cm³/mol. The minimum absolute atomic E-state index is 0.0334. The Bertz CT molecular complexity index is 3740. The van der Waals surface area contributed by atoms with Crippen LogP contribution in [0.15, 0.2) is 119 Å². The maximum Gasteiger partial charge on any atom is 0.293 e. The van der Waals surface area contributed by atoms with Crippen LogP contribution in [0.2, 0.25) is 5.02 Å². The van der Waals surface area contributed by atoms with Crippen molar-refractivity contribution in [1.82, 2.24) is 35.3 Å². The fourth-order valence-electron chi connectivity index (χ4n) is 12.4. The third kappa shape index (κ3) is 16.6. The van der Waals surface area contributed by atoms with Gasteiger partial charge in [0.2, 0.25) is 11.8 Å². The number of H-pyrrole nitrogens is 1. The van der Waals surface area contributed by atoms with Gasteiger partial charge in [-0.1, -0.05) is 49.7 Å². The molecule has 2 aromatic heterocycles. The number of likely N-dealkylation sites (tertiary alicyclic amines) is 1. The van der Waals surface area contributed by atoms with Gasteiger partial charge in [0.1, 0.15) is 34.6 Å². The zero-order valence-corrected chi connectivity index (χ0v) is 53.3. The van der Waals surface area contributed by atoms with E-state index in [2.05, 4.69) is 73.2 Å². The molecule has 10 rings (SSSR count). The van der Waals surface area contributed by atoms with Crippen LogP contribution in [-0.2, 0) is 43.2 Å². The molecular weight excluding hydrogens is 1210 g/mol. The van der Waals surface area contributed by atoms with Gasteiger partial charge >= 0.3 is 0 Å². The number of ether oxygens (including phenoxy) is 4. The number of halogens is 1. The molecular formula is C66H79ClN10O13S. The molecule has 5 aliphatic rings. The molecule has 0 saturated carbocycles. The SMILES string of the molecule is C=C(NCCOCCOCCOCCN1CCC(CNc2ccc(S(=O)(=O)CC(=O)c3ccc(N4CCN(CC5=C(c6ccc(Cl)cc6)CC(C)(C)CC5)CC4)cc3Oc3cnc4[nH]ccc4c3)cc2[N+](=O)[O-])CC1)C1=C(C)C(=O)N(C2CCC(=O)NC2=O)C1=O. The molecule has 0 radical (unpaired) electrons. The van der Waals surface area contributed by atoms with Crippen LogP contribution in [0.4, 0.5) is 17.1 Å². The molecule has 4 amide bonds. The van der Waals surface area contributed by atoms with Crippen LogP contribution in [0, 0.1) is 21.4 Å². The van der Waals surface area contributed by atoms with Crippen molar-refractivity contribution in [3.8, 4) is 11.5 Å². The number of nitro benzene ring substituents is 1. The van der Waals surface area contributed by atoms with Crippen molar-refractivity contribution < 1.29 is 56.3 Å². The van der Waals surface area contributed by atoms with E-state index >= 15 is 0 Å². The number of aromatic nitrogens is 2. The number of Topliss-reactive ketones (excluding diaryl/α,β-unsaturated/α-hetero) is 1. The van der Waals surface area contributed by atoms with Crippen molar-refractivity contribution >= 4 is 84.5 Å². The number of carbonyl (C=O) groups is 5. The first-order valence-electron chi connectivity index (χ1n) is 31.0. The number of amides is 4. The summed E-state index contributed by atoms with van der Waals surface area (Å²) in [5, 5.41) is 22.4. The largest absolute Gasteiger partial charge is 0.455 e. The van der Waals surface area contributed by atoms with Gasteiger partial charge in [0.15, 0.2) is 15.6 Å². The van der Waals surface area contributed by atoms with Gasteiger partial charge in [-0.2, -0.15) is 0 Å². The Balaban J connectivity index is 0.648. The lowest BCUT2D eigenvalue weighted by Gasteiger charge is -2.39. The highest BCUT2D eigenvalue weighted by Crippen LogP contribution is 2.44. The van der Waals surface area contributed by atoms with E-state index in [9.17, 15) is 42.5 Å². The normalized spacial score (nSPS) is 18.7. The zero-order valence-electron chi connectivity index (χ0n) is 51.7. The number of piperazine rings is 1. The highest BCUT2D eigenvalue weighted by molar-refractivity contribution is 7.92. The number of imide groups is 2. The van der Waals surface area contributed by atoms with Gasteiger partial charge in [0.25, 0.3) is 17.5 Å². The number of aromatic amines is 1. The number of anilines is 2. The van der Waals surface area contributed by atoms with Crippen LogP contribution >= 0.6 is 11.6 Å². The topological polar surface area (TPSA) is 277 Å². The molecule has 4 N–H and O–H groups in total. The molecule has 1 atom stereocenters. The summed E-state index contributed by atoms with van der Waals surface area (Å²) < 4.78 is 51.6. The third-order valence-electron chi connectivity index (χ3n) is 17.6. The lowest BCUT2D eigenvalue weighted by Crippen LogP contribution is -2.54. The minimum atomic E-state index is -4.39. The van der Waals surface area contributed by atoms with Crippen molar-refractivity contribution in [2.45, 2.75) is 76.7 Å². The summed E-state index contributed by atoms with van der Waals surface area (Å²) in [5.74, 6) is -3.29. The highest BCUT2D eigenvalue weighted by atomic mass is 35.5. The molecule has 484 valence electrons. The molecule has 0 bridgehead atoms. The van der Waals surface area contributed by atoms with Crippen LogP contribution < -0.4 is 25.6 Å². The Morgan fingerprint density at radius 3 is 2.31 bits per heavy atom. The third-order valence-corrected chi connectivity index (χ3v) is 19.5. The average Bonchev–Trinajstić information content (AvgIpc) is 1.75. The van der Waals surface area contributed by atoms with E-state index in [1.54, 1.807) is 24.4 Å². The maximum absolute atomic E-state index is 14.3. The number of carbonyl (C=O) groups excluding carboxylic acids is 5. The summed E-state index contributed by atoms with van der Waals surface area (Å²) in [7, 11) is -4.39. The number of fused-ring (bicyclic) bond motifs is 1. The van der Waals surface area contributed by atoms with Gasteiger partial charge in [0, 0.05) is 104 Å². The van der Waals surface area contributed by atoms with E-state index < -0.39 is 61.7 Å². The summed E-state index contributed by atoms with van der Waals surface area (Å²) in [4.78, 5) is 91.1. The molecule has 1 aliphatic carbocycles. The van der Waals surface area contributed by atoms with Gasteiger partial charge in [0.05, 0.1) is 66.8 Å². The van der Waals surface area contributed by atoms with E-state index in [1.807, 2.05) is 24.3 Å². The van der Waals surface area contributed by atoms with Crippen LogP contribution in [-0.4, -0.2) is 184 Å². The van der Waals surface area contributed by atoms with Gasteiger partial charge in [-0.25, -0.2) is 13.4 Å². The van der Waals surface area contributed by atoms with Crippen LogP contribution in [0.5, 0.6) is 11.5 Å². The Morgan fingerprint density at radius 1 is 0.857 bits per heavy atom. The maximum atomic E-state index is 14.3. The second kappa shape index (κ2) is 29.6. The van der Waals surface area contributed by atoms with Crippen molar-refractivity contribution in [3.63, 3.8) is 0 Å². The van der Waals surface area contributed by atoms with E-state index in [0.717, 1.165) is 98.4 Å². The Morgan fingerprint density at radius 2 is 1.58 bits per heavy atom. The Labute approximate surface area is 534 Å². The van der Waals surface area contributed by atoms with Crippen molar-refractivity contribution in [2.24, 2.45) is 11.3 Å². The van der Waals surface area contributed by atoms with E-state index in [4.69, 9.17) is 30.5 Å². The second-order valence-electron chi connectivity index (χ2n) is 24.5. The summed E-state index contributed by atoms with van der Waals surface area (Å²) in [5.41, 5.74) is 6.08. The van der Waals surface area contributed by atoms with Crippen molar-refractivity contribution in [3.05, 3.63) is 140 Å². The highest BCUT2D eigenvalue weighted by Gasteiger charge is 2.45. The Hall–Kier alpha value is -7.84. The number of pyridine rings is 1. The predicted octanol–water partition coefficient (Wildman–Crippen LogP) is 8.13. The molecule has 91 heavy (non-hydrogen) atoms. The number of allylic oxidation sites excluding steroid dienone is 1. The average molecular weight is 1290 g/mol. The monoisotopic (exact) mass is 1290 g/mol. The van der Waals surface area contributed by atoms with Crippen LogP contribution in [0.25, 0.3) is 16.6 Å². The number of ketones is 1. The summed E-state index contributed by atoms with van der Waals surface area (Å²) >= 11 is 6.27. The molecule has 3 fully saturated rings. The number of benzene rings is 3. The van der Waals surface area contributed by atoms with Gasteiger partial charge in [-0.05, 0) is 130 Å². The molecule has 3 aromatic carbocycles. The fourth-order valence-corrected chi connectivity index (χ4v) is 13.7. The molecule has 5 aromatic rings.